The molecule has 4 N–H and O–H groups in total. The maximum Gasteiger partial charge on any atom is 0.417 e. The molecule has 17 heavy (non-hydrogen) atoms. The molecule has 0 spiro atoms. The predicted molar refractivity (Wildman–Crippen MR) is 63.4 cm³/mol. The molecule has 2 rings (SSSR count). The number of carbonyl (C=O) groups is 1. The monoisotopic (exact) mass is 258 g/mol. The number of aromatic amines is 1. The number of carboxylic acid groups (broad SMARTS) is 1. The molecule has 1 atom stereocenters. The Labute approximate surface area is 102 Å². The Morgan fingerprint density at radius 3 is 2.88 bits per heavy atom. The molecule has 92 valence electrons. The number of aliphatic carboxylic acids is 1. The first-order valence-electron chi connectivity index (χ1n) is 4.66. The van der Waals surface area contributed by atoms with E-state index in [1.807, 2.05) is 0 Å². The summed E-state index contributed by atoms with van der Waals surface area (Å²) in [5.74, 6) is -1.59. The summed E-state index contributed by atoms with van der Waals surface area (Å²) in [6, 6.07) is 4.00. The molecular formula is C10H11ClN2O4. The van der Waals surface area contributed by atoms with Crippen molar-refractivity contribution in [1.82, 2.24) is 4.98 Å². The van der Waals surface area contributed by atoms with E-state index in [0.717, 1.165) is 5.56 Å². The van der Waals surface area contributed by atoms with Gasteiger partial charge in [-0.05, 0) is 24.1 Å². The molecular weight excluding hydrogens is 248 g/mol. The van der Waals surface area contributed by atoms with Gasteiger partial charge in [-0.1, -0.05) is 6.07 Å². The van der Waals surface area contributed by atoms with Crippen molar-refractivity contribution in [3.05, 3.63) is 34.3 Å². The molecule has 0 saturated heterocycles. The van der Waals surface area contributed by atoms with Gasteiger partial charge >= 0.3 is 11.7 Å². The number of nitrogens with two attached hydrogens (primary N) is 1. The van der Waals surface area contributed by atoms with E-state index in [2.05, 4.69) is 4.98 Å². The SMILES string of the molecule is Cl.N[C@@H](Cc1ccc2oc(=O)[nH]c2c1)C(=O)O. The van der Waals surface area contributed by atoms with Gasteiger partial charge in [-0.25, -0.2) is 4.79 Å². The van der Waals surface area contributed by atoms with Gasteiger partial charge < -0.3 is 15.3 Å². The molecule has 0 radical (unpaired) electrons. The Morgan fingerprint density at radius 1 is 1.53 bits per heavy atom. The Balaban J connectivity index is 0.00000144. The van der Waals surface area contributed by atoms with Crippen LogP contribution < -0.4 is 11.5 Å². The second-order valence-corrected chi connectivity index (χ2v) is 3.49. The molecule has 0 aliphatic rings. The van der Waals surface area contributed by atoms with Gasteiger partial charge in [-0.15, -0.1) is 12.4 Å². The maximum absolute atomic E-state index is 10.9. The summed E-state index contributed by atoms with van der Waals surface area (Å²) in [6.07, 6.45) is 0.207. The van der Waals surface area contributed by atoms with Crippen molar-refractivity contribution in [1.29, 1.82) is 0 Å². The van der Waals surface area contributed by atoms with Gasteiger partial charge in [0.2, 0.25) is 0 Å². The molecule has 0 bridgehead atoms. The third kappa shape index (κ3) is 2.86. The topological polar surface area (TPSA) is 109 Å². The summed E-state index contributed by atoms with van der Waals surface area (Å²) < 4.78 is 4.82. The van der Waals surface area contributed by atoms with Crippen LogP contribution in [0.1, 0.15) is 5.56 Å². The van der Waals surface area contributed by atoms with E-state index >= 15 is 0 Å². The number of fused-ring (bicyclic) bond motifs is 1. The van der Waals surface area contributed by atoms with Crippen LogP contribution in [0.5, 0.6) is 0 Å². The van der Waals surface area contributed by atoms with E-state index in [-0.39, 0.29) is 18.8 Å². The van der Waals surface area contributed by atoms with Gasteiger partial charge in [0.1, 0.15) is 6.04 Å². The van der Waals surface area contributed by atoms with E-state index in [9.17, 15) is 9.59 Å². The van der Waals surface area contributed by atoms with Crippen LogP contribution in [0, 0.1) is 0 Å². The average molecular weight is 259 g/mol. The highest BCUT2D eigenvalue weighted by molar-refractivity contribution is 5.85. The molecule has 1 aromatic heterocycles. The molecule has 0 aliphatic heterocycles. The van der Waals surface area contributed by atoms with Crippen molar-refractivity contribution >= 4 is 29.5 Å². The van der Waals surface area contributed by atoms with Crippen molar-refractivity contribution in [2.45, 2.75) is 12.5 Å². The number of aromatic nitrogens is 1. The molecule has 1 aromatic carbocycles. The van der Waals surface area contributed by atoms with E-state index in [4.69, 9.17) is 15.3 Å². The van der Waals surface area contributed by atoms with Crippen LogP contribution in [0.25, 0.3) is 11.1 Å². The Morgan fingerprint density at radius 2 is 2.24 bits per heavy atom. The lowest BCUT2D eigenvalue weighted by atomic mass is 10.1. The lowest BCUT2D eigenvalue weighted by Gasteiger charge is -2.05. The Bertz CT molecular complexity index is 589. The van der Waals surface area contributed by atoms with Crippen molar-refractivity contribution in [3.8, 4) is 0 Å². The summed E-state index contributed by atoms with van der Waals surface area (Å²) in [5, 5.41) is 8.66. The first-order chi connectivity index (χ1) is 7.56. The molecule has 0 aliphatic carbocycles. The summed E-state index contributed by atoms with van der Waals surface area (Å²) >= 11 is 0. The summed E-state index contributed by atoms with van der Waals surface area (Å²) in [7, 11) is 0. The van der Waals surface area contributed by atoms with E-state index < -0.39 is 17.8 Å². The first kappa shape index (κ1) is 13.3. The van der Waals surface area contributed by atoms with Gasteiger partial charge in [0.15, 0.2) is 5.58 Å². The number of carboxylic acids is 1. The quantitative estimate of drug-likeness (QED) is 0.743. The van der Waals surface area contributed by atoms with Crippen LogP contribution in [-0.2, 0) is 11.2 Å². The van der Waals surface area contributed by atoms with E-state index in [1.165, 1.54) is 0 Å². The number of rotatable bonds is 3. The van der Waals surface area contributed by atoms with Crippen LogP contribution in [-0.4, -0.2) is 22.1 Å². The number of oxazole rings is 1. The fourth-order valence-electron chi connectivity index (χ4n) is 1.47. The molecule has 0 saturated carbocycles. The minimum absolute atomic E-state index is 0. The minimum Gasteiger partial charge on any atom is -0.480 e. The molecule has 0 amide bonds. The zero-order chi connectivity index (χ0) is 11.7. The minimum atomic E-state index is -1.05. The highest BCUT2D eigenvalue weighted by atomic mass is 35.5. The molecule has 0 fully saturated rings. The average Bonchev–Trinajstić information content (AvgIpc) is 2.57. The van der Waals surface area contributed by atoms with Crippen molar-refractivity contribution < 1.29 is 14.3 Å². The second-order valence-electron chi connectivity index (χ2n) is 3.49. The van der Waals surface area contributed by atoms with Crippen molar-refractivity contribution in [2.75, 3.05) is 0 Å². The number of halogens is 1. The smallest absolute Gasteiger partial charge is 0.417 e. The highest BCUT2D eigenvalue weighted by Crippen LogP contribution is 2.13. The van der Waals surface area contributed by atoms with E-state index in [1.54, 1.807) is 18.2 Å². The standard InChI is InChI=1S/C10H10N2O4.ClH/c11-6(9(13)14)3-5-1-2-8-7(4-5)12-10(15)16-8;/h1-2,4,6H,3,11H2,(H,12,15)(H,13,14);1H/t6-;/m0./s1. The largest absolute Gasteiger partial charge is 0.480 e. The molecule has 1 heterocycles. The number of H-pyrrole nitrogens is 1. The highest BCUT2D eigenvalue weighted by Gasteiger charge is 2.12. The number of nitrogens with one attached hydrogen (secondary N) is 1. The molecule has 6 nitrogen and oxygen atoms in total. The Kier molecular flexibility index (Phi) is 3.93. The summed E-state index contributed by atoms with van der Waals surface area (Å²) in [4.78, 5) is 24.0. The van der Waals surface area contributed by atoms with Gasteiger partial charge in [0, 0.05) is 0 Å². The van der Waals surface area contributed by atoms with Gasteiger partial charge in [0.05, 0.1) is 5.52 Å². The maximum atomic E-state index is 10.9. The van der Waals surface area contributed by atoms with Crippen LogP contribution >= 0.6 is 12.4 Å². The molecule has 0 unspecified atom stereocenters. The number of benzene rings is 1. The van der Waals surface area contributed by atoms with Crippen molar-refractivity contribution in [2.24, 2.45) is 5.73 Å². The predicted octanol–water partition coefficient (Wildman–Crippen LogP) is 0.497. The molecule has 2 aromatic rings. The Hall–Kier alpha value is -1.79. The van der Waals surface area contributed by atoms with Crippen LogP contribution in [0.2, 0.25) is 0 Å². The number of hydrogen-bond acceptors (Lipinski definition) is 4. The fraction of sp³-hybridized carbons (Fsp3) is 0.200. The normalized spacial score (nSPS) is 12.1. The zero-order valence-electron chi connectivity index (χ0n) is 8.67. The summed E-state index contributed by atoms with van der Waals surface area (Å²) in [5.41, 5.74) is 7.12. The first-order valence-corrected chi connectivity index (χ1v) is 4.66. The van der Waals surface area contributed by atoms with Gasteiger partial charge in [-0.2, -0.15) is 0 Å². The van der Waals surface area contributed by atoms with Crippen LogP contribution in [0.15, 0.2) is 27.4 Å². The summed E-state index contributed by atoms with van der Waals surface area (Å²) in [6.45, 7) is 0. The second kappa shape index (κ2) is 5.03. The number of hydrogen-bond donors (Lipinski definition) is 3. The van der Waals surface area contributed by atoms with Gasteiger partial charge in [0.25, 0.3) is 0 Å². The van der Waals surface area contributed by atoms with E-state index in [0.29, 0.717) is 11.1 Å². The zero-order valence-corrected chi connectivity index (χ0v) is 9.49. The fourth-order valence-corrected chi connectivity index (χ4v) is 1.47. The van der Waals surface area contributed by atoms with Gasteiger partial charge in [-0.3, -0.25) is 9.78 Å². The lowest BCUT2D eigenvalue weighted by molar-refractivity contribution is -0.138. The lowest BCUT2D eigenvalue weighted by Crippen LogP contribution is -2.32. The third-order valence-electron chi connectivity index (χ3n) is 2.26. The molecule has 7 heteroatoms. The van der Waals surface area contributed by atoms with Crippen LogP contribution in [0.3, 0.4) is 0 Å². The van der Waals surface area contributed by atoms with Crippen LogP contribution in [0.4, 0.5) is 0 Å². The third-order valence-corrected chi connectivity index (χ3v) is 2.26. The van der Waals surface area contributed by atoms with Crippen molar-refractivity contribution in [3.63, 3.8) is 0 Å².